The van der Waals surface area contributed by atoms with E-state index in [1.807, 2.05) is 12.1 Å². The van der Waals surface area contributed by atoms with E-state index in [0.717, 1.165) is 38.4 Å². The lowest BCUT2D eigenvalue weighted by molar-refractivity contribution is 0.372. The van der Waals surface area contributed by atoms with Crippen molar-refractivity contribution in [1.82, 2.24) is 10.6 Å². The van der Waals surface area contributed by atoms with Crippen LogP contribution in [0.5, 0.6) is 0 Å². The molecule has 1 saturated carbocycles. The minimum Gasteiger partial charge on any atom is -0.367 e. The van der Waals surface area contributed by atoms with Gasteiger partial charge in [0.15, 0.2) is 0 Å². The van der Waals surface area contributed by atoms with Gasteiger partial charge in [-0.05, 0) is 30.5 Å². The number of piperazine rings is 1. The first-order valence-electron chi connectivity index (χ1n) is 8.30. The van der Waals surface area contributed by atoms with Crippen molar-refractivity contribution in [2.24, 2.45) is 0 Å². The van der Waals surface area contributed by atoms with Gasteiger partial charge in [-0.3, -0.25) is 0 Å². The minimum atomic E-state index is -0.0988. The van der Waals surface area contributed by atoms with Crippen LogP contribution in [0.2, 0.25) is 0 Å². The fourth-order valence-corrected chi connectivity index (χ4v) is 3.39. The molecule has 3 nitrogen and oxygen atoms in total. The van der Waals surface area contributed by atoms with Gasteiger partial charge in [-0.2, -0.15) is 0 Å². The standard InChI is InChI=1S/C17H26FN3/c18-16-7-6-14(13-20-15-4-2-1-3-5-15)12-17(16)21-10-8-19-9-11-21/h6-7,12,15,19-20H,1-5,8-11,13H2. The van der Waals surface area contributed by atoms with Gasteiger partial charge < -0.3 is 15.5 Å². The summed E-state index contributed by atoms with van der Waals surface area (Å²) < 4.78 is 14.1. The van der Waals surface area contributed by atoms with Crippen molar-refractivity contribution in [1.29, 1.82) is 0 Å². The van der Waals surface area contributed by atoms with Crippen LogP contribution >= 0.6 is 0 Å². The van der Waals surface area contributed by atoms with Gasteiger partial charge in [0.05, 0.1) is 5.69 Å². The van der Waals surface area contributed by atoms with Gasteiger partial charge in [-0.15, -0.1) is 0 Å². The number of nitrogens with zero attached hydrogens (tertiary/aromatic N) is 1. The van der Waals surface area contributed by atoms with E-state index >= 15 is 0 Å². The maximum atomic E-state index is 14.1. The summed E-state index contributed by atoms with van der Waals surface area (Å²) in [6, 6.07) is 6.20. The highest BCUT2D eigenvalue weighted by Gasteiger charge is 2.16. The van der Waals surface area contributed by atoms with Crippen molar-refractivity contribution in [3.05, 3.63) is 29.6 Å². The molecular weight excluding hydrogens is 265 g/mol. The van der Waals surface area contributed by atoms with Crippen LogP contribution < -0.4 is 15.5 Å². The number of rotatable bonds is 4. The molecule has 0 spiro atoms. The zero-order valence-corrected chi connectivity index (χ0v) is 12.7. The molecule has 21 heavy (non-hydrogen) atoms. The fourth-order valence-electron chi connectivity index (χ4n) is 3.39. The van der Waals surface area contributed by atoms with Gasteiger partial charge in [0.1, 0.15) is 5.82 Å². The monoisotopic (exact) mass is 291 g/mol. The van der Waals surface area contributed by atoms with E-state index in [1.54, 1.807) is 6.07 Å². The first kappa shape index (κ1) is 14.8. The van der Waals surface area contributed by atoms with E-state index in [0.29, 0.717) is 6.04 Å². The number of hydrogen-bond acceptors (Lipinski definition) is 3. The first-order valence-corrected chi connectivity index (χ1v) is 8.30. The summed E-state index contributed by atoms with van der Waals surface area (Å²) >= 11 is 0. The lowest BCUT2D eigenvalue weighted by atomic mass is 9.95. The molecule has 1 aromatic rings. The number of nitrogens with one attached hydrogen (secondary N) is 2. The van der Waals surface area contributed by atoms with Crippen molar-refractivity contribution in [3.63, 3.8) is 0 Å². The quantitative estimate of drug-likeness (QED) is 0.893. The van der Waals surface area contributed by atoms with Crippen molar-refractivity contribution in [2.75, 3.05) is 31.1 Å². The third-order valence-electron chi connectivity index (χ3n) is 4.67. The predicted molar refractivity (Wildman–Crippen MR) is 85.2 cm³/mol. The van der Waals surface area contributed by atoms with Crippen LogP contribution in [0.25, 0.3) is 0 Å². The van der Waals surface area contributed by atoms with E-state index in [-0.39, 0.29) is 5.82 Å². The lowest BCUT2D eigenvalue weighted by Crippen LogP contribution is -2.44. The van der Waals surface area contributed by atoms with Crippen LogP contribution in [0.1, 0.15) is 37.7 Å². The van der Waals surface area contributed by atoms with Crippen molar-refractivity contribution in [2.45, 2.75) is 44.7 Å². The Morgan fingerprint density at radius 1 is 1.14 bits per heavy atom. The molecule has 2 aliphatic rings. The Kier molecular flexibility index (Phi) is 5.09. The second-order valence-corrected chi connectivity index (χ2v) is 6.24. The van der Waals surface area contributed by atoms with Crippen LogP contribution in [-0.4, -0.2) is 32.2 Å². The number of halogens is 1. The normalized spacial score (nSPS) is 20.7. The maximum absolute atomic E-state index is 14.1. The Hall–Kier alpha value is -1.13. The van der Waals surface area contributed by atoms with Gasteiger partial charge in [0.25, 0.3) is 0 Å². The average Bonchev–Trinajstić information content (AvgIpc) is 2.56. The van der Waals surface area contributed by atoms with E-state index in [9.17, 15) is 4.39 Å². The zero-order chi connectivity index (χ0) is 14.5. The molecule has 0 bridgehead atoms. The molecule has 0 amide bonds. The Labute approximate surface area is 126 Å². The molecule has 1 aromatic carbocycles. The summed E-state index contributed by atoms with van der Waals surface area (Å²) in [6.45, 7) is 4.49. The highest BCUT2D eigenvalue weighted by molar-refractivity contribution is 5.50. The highest BCUT2D eigenvalue weighted by Crippen LogP contribution is 2.22. The molecule has 2 fully saturated rings. The summed E-state index contributed by atoms with van der Waals surface area (Å²) in [7, 11) is 0. The molecule has 1 heterocycles. The van der Waals surface area contributed by atoms with E-state index in [2.05, 4.69) is 15.5 Å². The number of benzene rings is 1. The van der Waals surface area contributed by atoms with E-state index < -0.39 is 0 Å². The zero-order valence-electron chi connectivity index (χ0n) is 12.7. The molecule has 0 radical (unpaired) electrons. The lowest BCUT2D eigenvalue weighted by Gasteiger charge is -2.30. The largest absolute Gasteiger partial charge is 0.367 e. The highest BCUT2D eigenvalue weighted by atomic mass is 19.1. The average molecular weight is 291 g/mol. The van der Waals surface area contributed by atoms with Crippen LogP contribution in [0.4, 0.5) is 10.1 Å². The molecule has 4 heteroatoms. The summed E-state index contributed by atoms with van der Waals surface area (Å²) in [5.41, 5.74) is 1.95. The maximum Gasteiger partial charge on any atom is 0.146 e. The molecule has 0 aromatic heterocycles. The van der Waals surface area contributed by atoms with Crippen LogP contribution in [0.3, 0.4) is 0 Å². The second-order valence-electron chi connectivity index (χ2n) is 6.24. The van der Waals surface area contributed by atoms with Gasteiger partial charge in [0, 0.05) is 38.8 Å². The fraction of sp³-hybridized carbons (Fsp3) is 0.647. The molecule has 0 unspecified atom stereocenters. The minimum absolute atomic E-state index is 0.0988. The van der Waals surface area contributed by atoms with E-state index in [4.69, 9.17) is 0 Å². The molecule has 3 rings (SSSR count). The topological polar surface area (TPSA) is 27.3 Å². The number of anilines is 1. The van der Waals surface area contributed by atoms with Crippen molar-refractivity contribution >= 4 is 5.69 Å². The summed E-state index contributed by atoms with van der Waals surface area (Å²) in [4.78, 5) is 2.15. The molecular formula is C17H26FN3. The Balaban J connectivity index is 1.62. The molecule has 0 atom stereocenters. The second kappa shape index (κ2) is 7.23. The third kappa shape index (κ3) is 3.95. The van der Waals surface area contributed by atoms with Crippen molar-refractivity contribution < 1.29 is 4.39 Å². The molecule has 1 aliphatic heterocycles. The smallest absolute Gasteiger partial charge is 0.146 e. The third-order valence-corrected chi connectivity index (χ3v) is 4.67. The predicted octanol–water partition coefficient (Wildman–Crippen LogP) is 2.66. The van der Waals surface area contributed by atoms with Crippen LogP contribution in [-0.2, 0) is 6.54 Å². The van der Waals surface area contributed by atoms with Crippen molar-refractivity contribution in [3.8, 4) is 0 Å². The molecule has 1 saturated heterocycles. The van der Waals surface area contributed by atoms with Gasteiger partial charge >= 0.3 is 0 Å². The SMILES string of the molecule is Fc1ccc(CNC2CCCCC2)cc1N1CCNCC1. The van der Waals surface area contributed by atoms with Gasteiger partial charge in [-0.25, -0.2) is 4.39 Å². The van der Waals surface area contributed by atoms with Gasteiger partial charge in [0.2, 0.25) is 0 Å². The van der Waals surface area contributed by atoms with Crippen LogP contribution in [0, 0.1) is 5.82 Å². The molecule has 2 N–H and O–H groups in total. The van der Waals surface area contributed by atoms with E-state index in [1.165, 1.54) is 37.7 Å². The summed E-state index contributed by atoms with van der Waals surface area (Å²) in [6.07, 6.45) is 6.62. The molecule has 116 valence electrons. The Bertz CT molecular complexity index is 451. The Morgan fingerprint density at radius 3 is 2.67 bits per heavy atom. The van der Waals surface area contributed by atoms with Gasteiger partial charge in [-0.1, -0.05) is 25.3 Å². The Morgan fingerprint density at radius 2 is 1.90 bits per heavy atom. The van der Waals surface area contributed by atoms with Crippen LogP contribution in [0.15, 0.2) is 18.2 Å². The number of hydrogen-bond donors (Lipinski definition) is 2. The summed E-state index contributed by atoms with van der Waals surface area (Å²) in [5, 5.41) is 6.94. The molecule has 1 aliphatic carbocycles. The summed E-state index contributed by atoms with van der Waals surface area (Å²) in [5.74, 6) is -0.0988. The first-order chi connectivity index (χ1) is 10.3.